The van der Waals surface area contributed by atoms with Gasteiger partial charge in [0.25, 0.3) is 0 Å². The Bertz CT molecular complexity index is 543. The average molecular weight is 345 g/mol. The first kappa shape index (κ1) is 18.6. The third-order valence-corrected chi connectivity index (χ3v) is 4.17. The molecule has 1 amide bonds. The van der Waals surface area contributed by atoms with Crippen molar-refractivity contribution in [3.8, 4) is 5.75 Å². The van der Waals surface area contributed by atoms with Crippen molar-refractivity contribution in [1.82, 2.24) is 4.90 Å². The summed E-state index contributed by atoms with van der Waals surface area (Å²) in [6.45, 7) is 1.62. The molecule has 1 aromatic rings. The van der Waals surface area contributed by atoms with Crippen molar-refractivity contribution >= 4 is 5.91 Å². The van der Waals surface area contributed by atoms with Crippen LogP contribution < -0.4 is 4.74 Å². The van der Waals surface area contributed by atoms with Gasteiger partial charge in [-0.05, 0) is 37.5 Å². The normalized spacial score (nSPS) is 19.9. The maximum absolute atomic E-state index is 12.3. The zero-order valence-electron chi connectivity index (χ0n) is 13.6. The van der Waals surface area contributed by atoms with Gasteiger partial charge in [-0.1, -0.05) is 12.1 Å². The monoisotopic (exact) mass is 345 g/mol. The number of hydrogen-bond donors (Lipinski definition) is 1. The zero-order valence-corrected chi connectivity index (χ0v) is 13.6. The van der Waals surface area contributed by atoms with Crippen LogP contribution in [0, 0.1) is 5.92 Å². The van der Waals surface area contributed by atoms with E-state index in [1.807, 2.05) is 0 Å². The summed E-state index contributed by atoms with van der Waals surface area (Å²) in [6, 6.07) is 6.06. The van der Waals surface area contributed by atoms with E-state index in [4.69, 9.17) is 0 Å². The van der Waals surface area contributed by atoms with Crippen LogP contribution in [0.2, 0.25) is 0 Å². The first-order valence-corrected chi connectivity index (χ1v) is 7.99. The lowest BCUT2D eigenvalue weighted by atomic mass is 9.93. The van der Waals surface area contributed by atoms with Gasteiger partial charge >= 0.3 is 6.18 Å². The van der Waals surface area contributed by atoms with Crippen LogP contribution in [0.1, 0.15) is 25.3 Å². The molecule has 0 bridgehead atoms. The van der Waals surface area contributed by atoms with Gasteiger partial charge in [-0.2, -0.15) is 13.2 Å². The highest BCUT2D eigenvalue weighted by molar-refractivity contribution is 5.78. The lowest BCUT2D eigenvalue weighted by Crippen LogP contribution is -2.43. The third kappa shape index (κ3) is 5.70. The molecule has 0 aliphatic carbocycles. The molecule has 0 radical (unpaired) electrons. The minimum Gasteiger partial charge on any atom is -0.484 e. The van der Waals surface area contributed by atoms with E-state index in [-0.39, 0.29) is 24.0 Å². The number of likely N-dealkylation sites (tertiary alicyclic amines) is 1. The lowest BCUT2D eigenvalue weighted by Gasteiger charge is -2.34. The number of aliphatic hydroxyl groups excluding tert-OH is 1. The fourth-order valence-corrected chi connectivity index (χ4v) is 2.79. The van der Waals surface area contributed by atoms with E-state index < -0.39 is 18.9 Å². The fourth-order valence-electron chi connectivity index (χ4n) is 2.79. The maximum Gasteiger partial charge on any atom is 0.422 e. The van der Waals surface area contributed by atoms with Crippen molar-refractivity contribution in [2.75, 3.05) is 19.7 Å². The number of aliphatic hydroxyl groups is 1. The minimum atomic E-state index is -4.37. The molecule has 0 saturated carbocycles. The summed E-state index contributed by atoms with van der Waals surface area (Å²) in [6.07, 6.45) is -2.85. The van der Waals surface area contributed by atoms with Gasteiger partial charge in [-0.15, -0.1) is 0 Å². The fraction of sp³-hybridized carbons (Fsp3) is 0.588. The molecule has 0 aromatic heterocycles. The first-order valence-electron chi connectivity index (χ1n) is 7.99. The number of ether oxygens (including phenoxy) is 1. The summed E-state index contributed by atoms with van der Waals surface area (Å²) in [7, 11) is 0. The second-order valence-corrected chi connectivity index (χ2v) is 6.21. The van der Waals surface area contributed by atoms with E-state index in [0.717, 1.165) is 18.4 Å². The van der Waals surface area contributed by atoms with E-state index in [0.29, 0.717) is 13.1 Å². The van der Waals surface area contributed by atoms with Gasteiger partial charge in [0.2, 0.25) is 5.91 Å². The molecule has 4 nitrogen and oxygen atoms in total. The second kappa shape index (κ2) is 7.88. The van der Waals surface area contributed by atoms with Gasteiger partial charge < -0.3 is 14.7 Å². The number of carbonyl (C=O) groups excluding carboxylic acids is 1. The smallest absolute Gasteiger partial charge is 0.422 e. The molecule has 24 heavy (non-hydrogen) atoms. The summed E-state index contributed by atoms with van der Waals surface area (Å²) in [4.78, 5) is 14.1. The first-order chi connectivity index (χ1) is 11.2. The molecule has 1 saturated heterocycles. The molecule has 7 heteroatoms. The van der Waals surface area contributed by atoms with Crippen LogP contribution in [0.5, 0.6) is 5.75 Å². The van der Waals surface area contributed by atoms with E-state index in [9.17, 15) is 23.1 Å². The highest BCUT2D eigenvalue weighted by Gasteiger charge is 2.28. The van der Waals surface area contributed by atoms with Gasteiger partial charge in [0, 0.05) is 19.0 Å². The van der Waals surface area contributed by atoms with E-state index in [1.54, 1.807) is 24.0 Å². The molecule has 2 rings (SSSR count). The molecule has 1 aliphatic heterocycles. The standard InChI is InChI=1S/C17H22F3NO3/c1-12(22)14-3-2-8-21(10-14)16(23)9-13-4-6-15(7-5-13)24-11-17(18,19)20/h4-7,12,14,22H,2-3,8-11H2,1H3/t12-,14+/m0/s1. The average Bonchev–Trinajstić information content (AvgIpc) is 2.53. The van der Waals surface area contributed by atoms with Crippen molar-refractivity contribution in [2.45, 2.75) is 38.5 Å². The van der Waals surface area contributed by atoms with Crippen LogP contribution in [0.15, 0.2) is 24.3 Å². The molecule has 134 valence electrons. The molecule has 0 spiro atoms. The number of benzene rings is 1. The van der Waals surface area contributed by atoms with Crippen LogP contribution in [-0.4, -0.2) is 47.9 Å². The number of alkyl halides is 3. The quantitative estimate of drug-likeness (QED) is 0.893. The van der Waals surface area contributed by atoms with Crippen LogP contribution in [-0.2, 0) is 11.2 Å². The Hall–Kier alpha value is -1.76. The van der Waals surface area contributed by atoms with Crippen LogP contribution in [0.4, 0.5) is 13.2 Å². The van der Waals surface area contributed by atoms with Gasteiger partial charge in [0.15, 0.2) is 6.61 Å². The Kier molecular flexibility index (Phi) is 6.10. The summed E-state index contributed by atoms with van der Waals surface area (Å²) in [5.41, 5.74) is 0.721. The molecule has 1 fully saturated rings. The highest BCUT2D eigenvalue weighted by atomic mass is 19.4. The van der Waals surface area contributed by atoms with Crippen molar-refractivity contribution in [3.63, 3.8) is 0 Å². The molecular weight excluding hydrogens is 323 g/mol. The maximum atomic E-state index is 12.3. The van der Waals surface area contributed by atoms with Crippen molar-refractivity contribution < 1.29 is 27.8 Å². The number of piperidine rings is 1. The number of carbonyl (C=O) groups is 1. The minimum absolute atomic E-state index is 0.0377. The molecular formula is C17H22F3NO3. The Morgan fingerprint density at radius 3 is 2.62 bits per heavy atom. The molecule has 0 unspecified atom stereocenters. The van der Waals surface area contributed by atoms with Crippen LogP contribution >= 0.6 is 0 Å². The number of amides is 1. The Balaban J connectivity index is 1.87. The molecule has 1 heterocycles. The summed E-state index contributed by atoms with van der Waals surface area (Å²) >= 11 is 0. The number of halogens is 3. The Labute approximate surface area is 139 Å². The molecule has 2 atom stereocenters. The summed E-state index contributed by atoms with van der Waals surface area (Å²) < 4.78 is 40.9. The van der Waals surface area contributed by atoms with E-state index in [1.165, 1.54) is 12.1 Å². The van der Waals surface area contributed by atoms with Crippen molar-refractivity contribution in [1.29, 1.82) is 0 Å². The van der Waals surface area contributed by atoms with E-state index in [2.05, 4.69) is 4.74 Å². The van der Waals surface area contributed by atoms with E-state index >= 15 is 0 Å². The zero-order chi connectivity index (χ0) is 17.7. The second-order valence-electron chi connectivity index (χ2n) is 6.21. The Morgan fingerprint density at radius 2 is 2.04 bits per heavy atom. The highest BCUT2D eigenvalue weighted by Crippen LogP contribution is 2.22. The largest absolute Gasteiger partial charge is 0.484 e. The number of rotatable bonds is 5. The third-order valence-electron chi connectivity index (χ3n) is 4.17. The molecule has 1 aromatic carbocycles. The predicted molar refractivity (Wildman–Crippen MR) is 82.7 cm³/mol. The Morgan fingerprint density at radius 1 is 1.38 bits per heavy atom. The summed E-state index contributed by atoms with van der Waals surface area (Å²) in [5.74, 6) is 0.181. The molecule has 1 N–H and O–H groups in total. The number of nitrogens with zero attached hydrogens (tertiary/aromatic N) is 1. The number of hydrogen-bond acceptors (Lipinski definition) is 3. The predicted octanol–water partition coefficient (Wildman–Crippen LogP) is 2.79. The van der Waals surface area contributed by atoms with Gasteiger partial charge in [0.05, 0.1) is 12.5 Å². The van der Waals surface area contributed by atoms with Crippen LogP contribution in [0.3, 0.4) is 0 Å². The topological polar surface area (TPSA) is 49.8 Å². The van der Waals surface area contributed by atoms with Gasteiger partial charge in [0.1, 0.15) is 5.75 Å². The van der Waals surface area contributed by atoms with Crippen LogP contribution in [0.25, 0.3) is 0 Å². The van der Waals surface area contributed by atoms with Gasteiger partial charge in [-0.3, -0.25) is 4.79 Å². The van der Waals surface area contributed by atoms with Crippen molar-refractivity contribution in [3.05, 3.63) is 29.8 Å². The van der Waals surface area contributed by atoms with Crippen molar-refractivity contribution in [2.24, 2.45) is 5.92 Å². The molecule has 1 aliphatic rings. The SMILES string of the molecule is C[C@H](O)[C@@H]1CCCN(C(=O)Cc2ccc(OCC(F)(F)F)cc2)C1. The summed E-state index contributed by atoms with van der Waals surface area (Å²) in [5, 5.41) is 9.67. The van der Waals surface area contributed by atoms with Gasteiger partial charge in [-0.25, -0.2) is 0 Å². The lowest BCUT2D eigenvalue weighted by molar-refractivity contribution is -0.153.